The summed E-state index contributed by atoms with van der Waals surface area (Å²) in [6.07, 6.45) is 1.78. The van der Waals surface area contributed by atoms with Gasteiger partial charge in [-0.2, -0.15) is 0 Å². The molecule has 1 N–H and O–H groups in total. The van der Waals surface area contributed by atoms with Crippen molar-refractivity contribution in [2.45, 2.75) is 26.7 Å². The first-order chi connectivity index (χ1) is 8.63. The first kappa shape index (κ1) is 12.5. The number of nitrogens with zero attached hydrogens (tertiary/aromatic N) is 3. The molecule has 0 spiro atoms. The van der Waals surface area contributed by atoms with Gasteiger partial charge in [-0.05, 0) is 19.1 Å². The lowest BCUT2D eigenvalue weighted by Gasteiger charge is -2.13. The predicted molar refractivity (Wildman–Crippen MR) is 73.6 cm³/mol. The van der Waals surface area contributed by atoms with Crippen molar-refractivity contribution >= 4 is 5.82 Å². The van der Waals surface area contributed by atoms with Crippen LogP contribution in [0, 0.1) is 6.92 Å². The van der Waals surface area contributed by atoms with E-state index in [9.17, 15) is 0 Å². The van der Waals surface area contributed by atoms with Crippen LogP contribution in [-0.4, -0.2) is 22.0 Å². The summed E-state index contributed by atoms with van der Waals surface area (Å²) in [7, 11) is 1.88. The zero-order chi connectivity index (χ0) is 13.1. The molecule has 0 aromatic carbocycles. The van der Waals surface area contributed by atoms with Crippen LogP contribution < -0.4 is 5.32 Å². The number of pyridine rings is 1. The van der Waals surface area contributed by atoms with E-state index in [4.69, 9.17) is 0 Å². The topological polar surface area (TPSA) is 50.7 Å². The summed E-state index contributed by atoms with van der Waals surface area (Å²) in [5, 5.41) is 3.12. The standard InChI is InChI=1S/C14H18N4/c1-9(2)13-17-12(10(3)14(15-4)18-13)11-7-5-6-8-16-11/h5-9H,1-4H3,(H,15,17,18). The van der Waals surface area contributed by atoms with E-state index in [0.717, 1.165) is 28.6 Å². The molecule has 2 aromatic heterocycles. The smallest absolute Gasteiger partial charge is 0.134 e. The van der Waals surface area contributed by atoms with E-state index in [2.05, 4.69) is 34.1 Å². The Kier molecular flexibility index (Phi) is 3.55. The Morgan fingerprint density at radius 1 is 1.17 bits per heavy atom. The monoisotopic (exact) mass is 242 g/mol. The SMILES string of the molecule is CNc1nc(C(C)C)nc(-c2ccccn2)c1C. The summed E-state index contributed by atoms with van der Waals surface area (Å²) in [6.45, 7) is 6.19. The Morgan fingerprint density at radius 3 is 2.50 bits per heavy atom. The van der Waals surface area contributed by atoms with Gasteiger partial charge in [-0.25, -0.2) is 9.97 Å². The van der Waals surface area contributed by atoms with Crippen LogP contribution in [-0.2, 0) is 0 Å². The Hall–Kier alpha value is -1.97. The van der Waals surface area contributed by atoms with Crippen LogP contribution in [0.1, 0.15) is 31.2 Å². The molecule has 0 aliphatic rings. The van der Waals surface area contributed by atoms with Gasteiger partial charge in [-0.3, -0.25) is 4.98 Å². The molecule has 0 bridgehead atoms. The van der Waals surface area contributed by atoms with Crippen molar-refractivity contribution in [3.8, 4) is 11.4 Å². The Labute approximate surface area is 108 Å². The highest BCUT2D eigenvalue weighted by atomic mass is 15.0. The fourth-order valence-electron chi connectivity index (χ4n) is 1.79. The zero-order valence-electron chi connectivity index (χ0n) is 11.2. The second kappa shape index (κ2) is 5.12. The van der Waals surface area contributed by atoms with E-state index in [1.807, 2.05) is 32.2 Å². The quantitative estimate of drug-likeness (QED) is 0.898. The Morgan fingerprint density at radius 2 is 1.94 bits per heavy atom. The highest BCUT2D eigenvalue weighted by Crippen LogP contribution is 2.25. The molecule has 0 aliphatic carbocycles. The minimum Gasteiger partial charge on any atom is -0.373 e. The summed E-state index contributed by atoms with van der Waals surface area (Å²) < 4.78 is 0. The van der Waals surface area contributed by atoms with E-state index in [-0.39, 0.29) is 0 Å². The molecule has 0 atom stereocenters. The number of hydrogen-bond donors (Lipinski definition) is 1. The molecule has 2 aromatic rings. The van der Waals surface area contributed by atoms with E-state index < -0.39 is 0 Å². The van der Waals surface area contributed by atoms with Gasteiger partial charge in [0.15, 0.2) is 0 Å². The van der Waals surface area contributed by atoms with Gasteiger partial charge in [0.25, 0.3) is 0 Å². The molecule has 94 valence electrons. The molecule has 0 amide bonds. The van der Waals surface area contributed by atoms with Crippen molar-refractivity contribution in [2.75, 3.05) is 12.4 Å². The second-order valence-corrected chi connectivity index (χ2v) is 4.52. The fraction of sp³-hybridized carbons (Fsp3) is 0.357. The van der Waals surface area contributed by atoms with Crippen LogP contribution in [0.4, 0.5) is 5.82 Å². The van der Waals surface area contributed by atoms with E-state index in [1.165, 1.54) is 0 Å². The largest absolute Gasteiger partial charge is 0.373 e. The summed E-state index contributed by atoms with van der Waals surface area (Å²) in [5.41, 5.74) is 2.81. The highest BCUT2D eigenvalue weighted by molar-refractivity contribution is 5.65. The lowest BCUT2D eigenvalue weighted by molar-refractivity contribution is 0.774. The van der Waals surface area contributed by atoms with Crippen LogP contribution in [0.25, 0.3) is 11.4 Å². The minimum atomic E-state index is 0.292. The van der Waals surface area contributed by atoms with E-state index in [0.29, 0.717) is 5.92 Å². The summed E-state index contributed by atoms with van der Waals surface area (Å²) in [6, 6.07) is 5.85. The number of hydrogen-bond acceptors (Lipinski definition) is 4. The molecule has 0 fully saturated rings. The van der Waals surface area contributed by atoms with Gasteiger partial charge in [0.05, 0.1) is 11.4 Å². The van der Waals surface area contributed by atoms with Gasteiger partial charge in [0.1, 0.15) is 11.6 Å². The van der Waals surface area contributed by atoms with Gasteiger partial charge in [-0.15, -0.1) is 0 Å². The van der Waals surface area contributed by atoms with Crippen molar-refractivity contribution in [1.82, 2.24) is 15.0 Å². The zero-order valence-corrected chi connectivity index (χ0v) is 11.2. The molecule has 0 saturated carbocycles. The third-order valence-electron chi connectivity index (χ3n) is 2.82. The van der Waals surface area contributed by atoms with Gasteiger partial charge in [0, 0.05) is 24.7 Å². The molecule has 4 heteroatoms. The molecule has 18 heavy (non-hydrogen) atoms. The van der Waals surface area contributed by atoms with Crippen LogP contribution in [0.3, 0.4) is 0 Å². The first-order valence-corrected chi connectivity index (χ1v) is 6.11. The Bertz CT molecular complexity index is 535. The molecular weight excluding hydrogens is 224 g/mol. The number of aromatic nitrogens is 3. The lowest BCUT2D eigenvalue weighted by Crippen LogP contribution is -2.07. The van der Waals surface area contributed by atoms with Crippen LogP contribution in [0.15, 0.2) is 24.4 Å². The maximum Gasteiger partial charge on any atom is 0.134 e. The van der Waals surface area contributed by atoms with Crippen molar-refractivity contribution in [1.29, 1.82) is 0 Å². The van der Waals surface area contributed by atoms with Crippen molar-refractivity contribution in [3.05, 3.63) is 35.8 Å². The highest BCUT2D eigenvalue weighted by Gasteiger charge is 2.14. The first-order valence-electron chi connectivity index (χ1n) is 6.11. The molecule has 0 radical (unpaired) electrons. The lowest BCUT2D eigenvalue weighted by atomic mass is 10.1. The van der Waals surface area contributed by atoms with Gasteiger partial charge < -0.3 is 5.32 Å². The number of anilines is 1. The summed E-state index contributed by atoms with van der Waals surface area (Å²) >= 11 is 0. The molecule has 0 unspecified atom stereocenters. The molecule has 0 saturated heterocycles. The van der Waals surface area contributed by atoms with Gasteiger partial charge in [-0.1, -0.05) is 19.9 Å². The minimum absolute atomic E-state index is 0.292. The second-order valence-electron chi connectivity index (χ2n) is 4.52. The van der Waals surface area contributed by atoms with Crippen LogP contribution in [0.5, 0.6) is 0 Å². The van der Waals surface area contributed by atoms with Crippen LogP contribution >= 0.6 is 0 Å². The molecule has 4 nitrogen and oxygen atoms in total. The van der Waals surface area contributed by atoms with Crippen LogP contribution in [0.2, 0.25) is 0 Å². The molecular formula is C14H18N4. The van der Waals surface area contributed by atoms with Gasteiger partial charge >= 0.3 is 0 Å². The third-order valence-corrected chi connectivity index (χ3v) is 2.82. The maximum absolute atomic E-state index is 4.64. The van der Waals surface area contributed by atoms with Crippen molar-refractivity contribution < 1.29 is 0 Å². The van der Waals surface area contributed by atoms with Crippen molar-refractivity contribution in [3.63, 3.8) is 0 Å². The fourth-order valence-corrected chi connectivity index (χ4v) is 1.79. The number of rotatable bonds is 3. The normalized spacial score (nSPS) is 10.7. The van der Waals surface area contributed by atoms with E-state index >= 15 is 0 Å². The van der Waals surface area contributed by atoms with Crippen molar-refractivity contribution in [2.24, 2.45) is 0 Å². The predicted octanol–water partition coefficient (Wildman–Crippen LogP) is 3.01. The number of nitrogens with one attached hydrogen (secondary N) is 1. The molecule has 2 rings (SSSR count). The Balaban J connectivity index is 2.62. The summed E-state index contributed by atoms with van der Waals surface area (Å²) in [5.74, 6) is 2.00. The third kappa shape index (κ3) is 2.32. The summed E-state index contributed by atoms with van der Waals surface area (Å²) in [4.78, 5) is 13.5. The molecule has 2 heterocycles. The van der Waals surface area contributed by atoms with E-state index in [1.54, 1.807) is 6.20 Å². The molecule has 0 aliphatic heterocycles. The average molecular weight is 242 g/mol. The average Bonchev–Trinajstić information content (AvgIpc) is 2.39. The maximum atomic E-state index is 4.64. The van der Waals surface area contributed by atoms with Gasteiger partial charge in [0.2, 0.25) is 0 Å².